The van der Waals surface area contributed by atoms with E-state index in [2.05, 4.69) is 44.8 Å². The molecule has 0 amide bonds. The molecule has 0 radical (unpaired) electrons. The van der Waals surface area contributed by atoms with Crippen LogP contribution in [0.5, 0.6) is 0 Å². The first-order chi connectivity index (χ1) is 8.79. The van der Waals surface area contributed by atoms with Gasteiger partial charge in [-0.15, -0.1) is 0 Å². The Balaban J connectivity index is 2.07. The number of nitrogens with one attached hydrogen (secondary N) is 1. The number of hydrogen-bond donors (Lipinski definition) is 1. The number of piperazine rings is 1. The van der Waals surface area contributed by atoms with Gasteiger partial charge >= 0.3 is 0 Å². The maximum atomic E-state index is 3.86. The molecule has 1 heterocycles. The van der Waals surface area contributed by atoms with Crippen molar-refractivity contribution in [1.82, 2.24) is 10.2 Å². The van der Waals surface area contributed by atoms with Gasteiger partial charge in [0.25, 0.3) is 0 Å². The molecule has 2 aliphatic rings. The fourth-order valence-corrected chi connectivity index (χ4v) is 3.68. The molecule has 1 N–H and O–H groups in total. The van der Waals surface area contributed by atoms with Crippen LogP contribution in [0.2, 0.25) is 0 Å². The maximum absolute atomic E-state index is 3.86. The smallest absolute Gasteiger partial charge is 0.0334 e. The Kier molecular flexibility index (Phi) is 4.32. The van der Waals surface area contributed by atoms with Crippen molar-refractivity contribution in [1.29, 1.82) is 0 Å². The standard InChI is InChI=1S/C17H34N2/c1-6-16(5)14-19(12-11-15(2,3)4)17(13-18-16)9-7-8-10-17/h18H,6-14H2,1-5H3. The van der Waals surface area contributed by atoms with E-state index in [-0.39, 0.29) is 0 Å². The van der Waals surface area contributed by atoms with Crippen LogP contribution in [0.3, 0.4) is 0 Å². The van der Waals surface area contributed by atoms with Gasteiger partial charge in [-0.3, -0.25) is 4.90 Å². The summed E-state index contributed by atoms with van der Waals surface area (Å²) in [4.78, 5) is 2.85. The van der Waals surface area contributed by atoms with Crippen molar-refractivity contribution in [3.05, 3.63) is 0 Å². The van der Waals surface area contributed by atoms with Crippen molar-refractivity contribution in [3.63, 3.8) is 0 Å². The van der Waals surface area contributed by atoms with Crippen molar-refractivity contribution in [2.24, 2.45) is 5.41 Å². The molecular formula is C17H34N2. The van der Waals surface area contributed by atoms with E-state index in [1.165, 1.54) is 58.2 Å². The zero-order chi connectivity index (χ0) is 14.1. The van der Waals surface area contributed by atoms with Crippen LogP contribution < -0.4 is 5.32 Å². The lowest BCUT2D eigenvalue weighted by Crippen LogP contribution is -2.68. The lowest BCUT2D eigenvalue weighted by molar-refractivity contribution is 0.00513. The maximum Gasteiger partial charge on any atom is 0.0334 e. The molecule has 1 aliphatic carbocycles. The van der Waals surface area contributed by atoms with E-state index in [4.69, 9.17) is 0 Å². The molecule has 1 saturated carbocycles. The quantitative estimate of drug-likeness (QED) is 0.835. The van der Waals surface area contributed by atoms with E-state index in [0.717, 1.165) is 0 Å². The van der Waals surface area contributed by atoms with Gasteiger partial charge in [-0.05, 0) is 44.6 Å². The van der Waals surface area contributed by atoms with Crippen LogP contribution in [-0.4, -0.2) is 35.6 Å². The Labute approximate surface area is 120 Å². The predicted octanol–water partition coefficient (Wildman–Crippen LogP) is 3.81. The number of hydrogen-bond acceptors (Lipinski definition) is 2. The molecular weight excluding hydrogens is 232 g/mol. The Morgan fingerprint density at radius 3 is 2.32 bits per heavy atom. The first kappa shape index (κ1) is 15.3. The highest BCUT2D eigenvalue weighted by atomic mass is 15.3. The first-order valence-electron chi connectivity index (χ1n) is 8.29. The zero-order valence-electron chi connectivity index (χ0n) is 13.8. The third-order valence-electron chi connectivity index (χ3n) is 5.50. The average Bonchev–Trinajstić information content (AvgIpc) is 2.80. The molecule has 2 rings (SSSR count). The van der Waals surface area contributed by atoms with Crippen molar-refractivity contribution in [3.8, 4) is 0 Å². The van der Waals surface area contributed by atoms with Gasteiger partial charge in [0.15, 0.2) is 0 Å². The van der Waals surface area contributed by atoms with E-state index in [0.29, 0.717) is 16.5 Å². The predicted molar refractivity (Wildman–Crippen MR) is 83.5 cm³/mol. The molecule has 2 nitrogen and oxygen atoms in total. The summed E-state index contributed by atoms with van der Waals surface area (Å²) in [6, 6.07) is 0. The molecule has 0 aromatic heterocycles. The van der Waals surface area contributed by atoms with Gasteiger partial charge in [0.2, 0.25) is 0 Å². The van der Waals surface area contributed by atoms with Crippen LogP contribution >= 0.6 is 0 Å². The Morgan fingerprint density at radius 1 is 1.16 bits per heavy atom. The molecule has 2 heteroatoms. The topological polar surface area (TPSA) is 15.3 Å². The van der Waals surface area contributed by atoms with Gasteiger partial charge in [-0.2, -0.15) is 0 Å². The van der Waals surface area contributed by atoms with Crippen LogP contribution in [0, 0.1) is 5.41 Å². The van der Waals surface area contributed by atoms with Crippen molar-refractivity contribution < 1.29 is 0 Å². The lowest BCUT2D eigenvalue weighted by atomic mass is 9.83. The summed E-state index contributed by atoms with van der Waals surface area (Å²) in [6.07, 6.45) is 8.21. The van der Waals surface area contributed by atoms with E-state index in [9.17, 15) is 0 Å². The highest BCUT2D eigenvalue weighted by Gasteiger charge is 2.46. The molecule has 0 aromatic carbocycles. The number of rotatable bonds is 3. The Bertz CT molecular complexity index is 299. The third kappa shape index (κ3) is 3.52. The lowest BCUT2D eigenvalue weighted by Gasteiger charge is -2.53. The van der Waals surface area contributed by atoms with Crippen LogP contribution in [0.25, 0.3) is 0 Å². The van der Waals surface area contributed by atoms with Crippen LogP contribution in [-0.2, 0) is 0 Å². The summed E-state index contributed by atoms with van der Waals surface area (Å²) < 4.78 is 0. The van der Waals surface area contributed by atoms with E-state index >= 15 is 0 Å². The molecule has 19 heavy (non-hydrogen) atoms. The molecule has 1 atom stereocenters. The van der Waals surface area contributed by atoms with Crippen LogP contribution in [0.1, 0.15) is 73.1 Å². The molecule has 1 unspecified atom stereocenters. The molecule has 2 fully saturated rings. The molecule has 1 aliphatic heterocycles. The van der Waals surface area contributed by atoms with Crippen LogP contribution in [0.15, 0.2) is 0 Å². The van der Waals surface area contributed by atoms with Crippen LogP contribution in [0.4, 0.5) is 0 Å². The summed E-state index contributed by atoms with van der Waals surface area (Å²) in [5.41, 5.74) is 1.26. The van der Waals surface area contributed by atoms with Gasteiger partial charge in [0.05, 0.1) is 0 Å². The number of nitrogens with zero attached hydrogens (tertiary/aromatic N) is 1. The van der Waals surface area contributed by atoms with Gasteiger partial charge < -0.3 is 5.32 Å². The minimum atomic E-state index is 0.325. The summed E-state index contributed by atoms with van der Waals surface area (Å²) >= 11 is 0. The van der Waals surface area contributed by atoms with Gasteiger partial charge in [-0.1, -0.05) is 40.5 Å². The minimum Gasteiger partial charge on any atom is -0.308 e. The Hall–Kier alpha value is -0.0800. The van der Waals surface area contributed by atoms with E-state index in [1.807, 2.05) is 0 Å². The largest absolute Gasteiger partial charge is 0.308 e. The second-order valence-electron chi connectivity index (χ2n) is 8.43. The summed E-state index contributed by atoms with van der Waals surface area (Å²) in [7, 11) is 0. The molecule has 0 aromatic rings. The van der Waals surface area contributed by atoms with Crippen molar-refractivity contribution in [2.45, 2.75) is 84.2 Å². The highest BCUT2D eigenvalue weighted by Crippen LogP contribution is 2.39. The van der Waals surface area contributed by atoms with Gasteiger partial charge in [-0.25, -0.2) is 0 Å². The summed E-state index contributed by atoms with van der Waals surface area (Å²) in [5, 5.41) is 3.86. The first-order valence-corrected chi connectivity index (χ1v) is 8.29. The molecule has 0 bridgehead atoms. The molecule has 1 saturated heterocycles. The van der Waals surface area contributed by atoms with E-state index in [1.54, 1.807) is 0 Å². The summed E-state index contributed by atoms with van der Waals surface area (Å²) in [5.74, 6) is 0. The summed E-state index contributed by atoms with van der Waals surface area (Å²) in [6.45, 7) is 15.6. The SMILES string of the molecule is CCC1(C)CN(CCC(C)(C)C)C2(CCCC2)CN1. The zero-order valence-corrected chi connectivity index (χ0v) is 13.8. The monoisotopic (exact) mass is 266 g/mol. The minimum absolute atomic E-state index is 0.325. The van der Waals surface area contributed by atoms with Crippen molar-refractivity contribution >= 4 is 0 Å². The second-order valence-corrected chi connectivity index (χ2v) is 8.43. The highest BCUT2D eigenvalue weighted by molar-refractivity contribution is 5.05. The third-order valence-corrected chi connectivity index (χ3v) is 5.50. The van der Waals surface area contributed by atoms with Gasteiger partial charge in [0.1, 0.15) is 0 Å². The van der Waals surface area contributed by atoms with Crippen molar-refractivity contribution in [2.75, 3.05) is 19.6 Å². The second kappa shape index (κ2) is 5.37. The average molecular weight is 266 g/mol. The normalized spacial score (nSPS) is 32.1. The Morgan fingerprint density at radius 2 is 1.79 bits per heavy atom. The molecule has 112 valence electrons. The molecule has 1 spiro atoms. The fraction of sp³-hybridized carbons (Fsp3) is 1.00. The fourth-order valence-electron chi connectivity index (χ4n) is 3.68. The van der Waals surface area contributed by atoms with E-state index < -0.39 is 0 Å². The van der Waals surface area contributed by atoms with Gasteiger partial charge in [0, 0.05) is 24.2 Å².